The van der Waals surface area contributed by atoms with Gasteiger partial charge in [-0.3, -0.25) is 0 Å². The van der Waals surface area contributed by atoms with Crippen LogP contribution in [0.25, 0.3) is 0 Å². The van der Waals surface area contributed by atoms with Gasteiger partial charge in [0.1, 0.15) is 17.8 Å². The highest BCUT2D eigenvalue weighted by molar-refractivity contribution is 5.01. The Kier molecular flexibility index (Phi) is 3.46. The molecule has 0 amide bonds. The molecule has 0 saturated carbocycles. The smallest absolute Gasteiger partial charge is 0.164 e. The summed E-state index contributed by atoms with van der Waals surface area (Å²) in [5.74, 6) is -1.55. The Hall–Kier alpha value is -0.240. The van der Waals surface area contributed by atoms with E-state index >= 15 is 0 Å². The third kappa shape index (κ3) is 2.41. The van der Waals surface area contributed by atoms with Gasteiger partial charge < -0.3 is 29.2 Å². The third-order valence-electron chi connectivity index (χ3n) is 3.28. The van der Waals surface area contributed by atoms with Crippen molar-refractivity contribution in [1.82, 2.24) is 0 Å². The summed E-state index contributed by atoms with van der Waals surface area (Å²) in [6, 6.07) is 0. The van der Waals surface area contributed by atoms with Crippen LogP contribution in [-0.4, -0.2) is 59.4 Å². The van der Waals surface area contributed by atoms with E-state index in [1.165, 1.54) is 0 Å². The maximum atomic E-state index is 9.55. The van der Waals surface area contributed by atoms with E-state index in [-0.39, 0.29) is 19.3 Å². The van der Waals surface area contributed by atoms with Gasteiger partial charge in [-0.2, -0.15) is 0 Å². The third-order valence-corrected chi connectivity index (χ3v) is 3.28. The SMILES string of the molecule is CC1(C)OC[C@H]([C@@H]2OC(C)(C)OC2(CO)CO)O1. The number of rotatable bonds is 3. The molecule has 2 heterocycles. The Morgan fingerprint density at radius 2 is 1.61 bits per heavy atom. The molecule has 2 rings (SSSR count). The first-order valence-corrected chi connectivity index (χ1v) is 6.15. The quantitative estimate of drug-likeness (QED) is 0.746. The zero-order valence-electron chi connectivity index (χ0n) is 11.3. The van der Waals surface area contributed by atoms with Gasteiger partial charge in [0.05, 0.1) is 19.8 Å². The second-order valence-electron chi connectivity index (χ2n) is 5.79. The molecule has 2 aliphatic heterocycles. The summed E-state index contributed by atoms with van der Waals surface area (Å²) in [7, 11) is 0. The van der Waals surface area contributed by atoms with Crippen LogP contribution < -0.4 is 0 Å². The summed E-state index contributed by atoms with van der Waals surface area (Å²) in [5, 5.41) is 19.1. The molecule has 0 unspecified atom stereocenters. The number of ether oxygens (including phenoxy) is 4. The van der Waals surface area contributed by atoms with Crippen molar-refractivity contribution in [3.05, 3.63) is 0 Å². The zero-order chi connectivity index (χ0) is 13.6. The van der Waals surface area contributed by atoms with Crippen LogP contribution in [0.3, 0.4) is 0 Å². The van der Waals surface area contributed by atoms with Crippen LogP contribution in [0.2, 0.25) is 0 Å². The number of hydrogen-bond acceptors (Lipinski definition) is 6. The van der Waals surface area contributed by atoms with E-state index in [2.05, 4.69) is 0 Å². The van der Waals surface area contributed by atoms with Crippen LogP contribution in [0.5, 0.6) is 0 Å². The second-order valence-corrected chi connectivity index (χ2v) is 5.79. The lowest BCUT2D eigenvalue weighted by Crippen LogP contribution is -2.53. The number of hydrogen-bond donors (Lipinski definition) is 2. The highest BCUT2D eigenvalue weighted by Gasteiger charge is 2.58. The second kappa shape index (κ2) is 4.40. The van der Waals surface area contributed by atoms with Crippen molar-refractivity contribution >= 4 is 0 Å². The average Bonchev–Trinajstić information content (AvgIpc) is 2.76. The van der Waals surface area contributed by atoms with Gasteiger partial charge in [-0.05, 0) is 27.7 Å². The summed E-state index contributed by atoms with van der Waals surface area (Å²) in [5.41, 5.74) is -1.15. The molecule has 0 radical (unpaired) electrons. The van der Waals surface area contributed by atoms with Crippen molar-refractivity contribution in [2.24, 2.45) is 0 Å². The minimum atomic E-state index is -1.15. The number of aliphatic hydroxyl groups excluding tert-OH is 2. The molecular formula is C12H22O6. The fourth-order valence-corrected chi connectivity index (χ4v) is 2.56. The van der Waals surface area contributed by atoms with Crippen molar-refractivity contribution in [3.8, 4) is 0 Å². The molecule has 2 aliphatic rings. The van der Waals surface area contributed by atoms with Crippen LogP contribution in [0.1, 0.15) is 27.7 Å². The van der Waals surface area contributed by atoms with Crippen LogP contribution in [-0.2, 0) is 18.9 Å². The summed E-state index contributed by atoms with van der Waals surface area (Å²) in [4.78, 5) is 0. The molecule has 0 bridgehead atoms. The predicted octanol–water partition coefficient (Wildman–Crippen LogP) is 0.0128. The van der Waals surface area contributed by atoms with Gasteiger partial charge in [-0.15, -0.1) is 0 Å². The van der Waals surface area contributed by atoms with Crippen LogP contribution in [0, 0.1) is 0 Å². The molecule has 6 nitrogen and oxygen atoms in total. The lowest BCUT2D eigenvalue weighted by molar-refractivity contribution is -0.180. The molecule has 2 N–H and O–H groups in total. The first-order valence-electron chi connectivity index (χ1n) is 6.15. The van der Waals surface area contributed by atoms with E-state index in [1.807, 2.05) is 13.8 Å². The molecule has 106 valence electrons. The topological polar surface area (TPSA) is 77.4 Å². The van der Waals surface area contributed by atoms with Crippen molar-refractivity contribution in [1.29, 1.82) is 0 Å². The Bertz CT molecular complexity index is 310. The molecule has 0 spiro atoms. The van der Waals surface area contributed by atoms with Crippen molar-refractivity contribution in [3.63, 3.8) is 0 Å². The molecule has 6 heteroatoms. The van der Waals surface area contributed by atoms with Crippen LogP contribution in [0.4, 0.5) is 0 Å². The van der Waals surface area contributed by atoms with Gasteiger partial charge in [-0.25, -0.2) is 0 Å². The molecule has 0 aromatic rings. The molecule has 0 aromatic carbocycles. The monoisotopic (exact) mass is 262 g/mol. The predicted molar refractivity (Wildman–Crippen MR) is 61.8 cm³/mol. The van der Waals surface area contributed by atoms with Crippen molar-refractivity contribution in [2.75, 3.05) is 19.8 Å². The van der Waals surface area contributed by atoms with Gasteiger partial charge in [0, 0.05) is 0 Å². The van der Waals surface area contributed by atoms with E-state index in [4.69, 9.17) is 18.9 Å². The lowest BCUT2D eigenvalue weighted by Gasteiger charge is -2.31. The van der Waals surface area contributed by atoms with Crippen LogP contribution >= 0.6 is 0 Å². The first kappa shape index (κ1) is 14.2. The summed E-state index contributed by atoms with van der Waals surface area (Å²) >= 11 is 0. The van der Waals surface area contributed by atoms with Crippen LogP contribution in [0.15, 0.2) is 0 Å². The standard InChI is InChI=1S/C12H22O6/c1-10(2)15-5-8(16-10)9-12(6-13,7-14)18-11(3,4)17-9/h8-9,13-14H,5-7H2,1-4H3/t8-,9+/m1/s1. The minimum Gasteiger partial charge on any atom is -0.393 e. The van der Waals surface area contributed by atoms with E-state index in [0.29, 0.717) is 6.61 Å². The summed E-state index contributed by atoms with van der Waals surface area (Å²) in [6.07, 6.45) is -0.939. The van der Waals surface area contributed by atoms with Crippen molar-refractivity contribution < 1.29 is 29.2 Å². The molecular weight excluding hydrogens is 240 g/mol. The zero-order valence-corrected chi connectivity index (χ0v) is 11.3. The van der Waals surface area contributed by atoms with Gasteiger partial charge in [0.15, 0.2) is 11.6 Å². The molecule has 0 aromatic heterocycles. The minimum absolute atomic E-state index is 0.335. The fraction of sp³-hybridized carbons (Fsp3) is 1.00. The summed E-state index contributed by atoms with van der Waals surface area (Å²) < 4.78 is 22.7. The molecule has 2 fully saturated rings. The van der Waals surface area contributed by atoms with Gasteiger partial charge in [0.2, 0.25) is 0 Å². The largest absolute Gasteiger partial charge is 0.393 e. The maximum absolute atomic E-state index is 9.55. The van der Waals surface area contributed by atoms with Gasteiger partial charge in [0.25, 0.3) is 0 Å². The Balaban J connectivity index is 2.20. The van der Waals surface area contributed by atoms with E-state index < -0.39 is 23.3 Å². The van der Waals surface area contributed by atoms with Crippen molar-refractivity contribution in [2.45, 2.75) is 57.1 Å². The van der Waals surface area contributed by atoms with Gasteiger partial charge >= 0.3 is 0 Å². The number of aliphatic hydroxyl groups is 2. The first-order chi connectivity index (χ1) is 8.24. The van der Waals surface area contributed by atoms with Gasteiger partial charge in [-0.1, -0.05) is 0 Å². The Morgan fingerprint density at radius 3 is 2.06 bits per heavy atom. The van der Waals surface area contributed by atoms with E-state index in [1.54, 1.807) is 13.8 Å². The van der Waals surface area contributed by atoms with E-state index in [0.717, 1.165) is 0 Å². The fourth-order valence-electron chi connectivity index (χ4n) is 2.56. The van der Waals surface area contributed by atoms with E-state index in [9.17, 15) is 10.2 Å². The molecule has 0 aliphatic carbocycles. The molecule has 2 saturated heterocycles. The maximum Gasteiger partial charge on any atom is 0.164 e. The Morgan fingerprint density at radius 1 is 1.00 bits per heavy atom. The molecule has 2 atom stereocenters. The Labute approximate surface area is 107 Å². The highest BCUT2D eigenvalue weighted by atomic mass is 16.8. The lowest BCUT2D eigenvalue weighted by atomic mass is 9.94. The highest BCUT2D eigenvalue weighted by Crippen LogP contribution is 2.41. The molecule has 18 heavy (non-hydrogen) atoms. The summed E-state index contributed by atoms with van der Waals surface area (Å²) in [6.45, 7) is 6.79. The normalized spacial score (nSPS) is 37.0. The average molecular weight is 262 g/mol.